The number of furan rings is 1. The van der Waals surface area contributed by atoms with Gasteiger partial charge in [-0.3, -0.25) is 14.4 Å². The van der Waals surface area contributed by atoms with E-state index in [0.29, 0.717) is 21.1 Å². The molecule has 6 nitrogen and oxygen atoms in total. The molecule has 1 aromatic carbocycles. The number of carbonyl (C=O) groups excluding carboxylic acids is 3. The molecule has 25 heavy (non-hydrogen) atoms. The summed E-state index contributed by atoms with van der Waals surface area (Å²) in [5, 5.41) is 5.91. The summed E-state index contributed by atoms with van der Waals surface area (Å²) in [5.74, 6) is -0.679. The molecule has 0 saturated heterocycles. The van der Waals surface area contributed by atoms with Gasteiger partial charge >= 0.3 is 0 Å². The Morgan fingerprint density at radius 1 is 0.920 bits per heavy atom. The van der Waals surface area contributed by atoms with Crippen LogP contribution in [0.2, 0.25) is 0 Å². The van der Waals surface area contributed by atoms with Crippen LogP contribution in [0.1, 0.15) is 37.5 Å². The van der Waals surface area contributed by atoms with E-state index in [4.69, 9.17) is 4.42 Å². The molecule has 2 heterocycles. The number of Topliss-reactive ketones (excluding diaryl/α,β-unsaturated/α-hetero) is 1. The molecule has 2 aromatic heterocycles. The molecule has 0 aliphatic rings. The number of anilines is 2. The van der Waals surface area contributed by atoms with Crippen molar-refractivity contribution in [2.24, 2.45) is 0 Å². The summed E-state index contributed by atoms with van der Waals surface area (Å²) in [6.45, 7) is 1.44. The molecule has 7 heteroatoms. The highest BCUT2D eigenvalue weighted by atomic mass is 32.1. The molecule has 0 aliphatic carbocycles. The Kier molecular flexibility index (Phi) is 4.76. The number of amides is 2. The maximum Gasteiger partial charge on any atom is 0.291 e. The van der Waals surface area contributed by atoms with E-state index in [1.54, 1.807) is 48.5 Å². The predicted octanol–water partition coefficient (Wildman–Crippen LogP) is 4.05. The highest BCUT2D eigenvalue weighted by molar-refractivity contribution is 7.18. The topological polar surface area (TPSA) is 88.4 Å². The summed E-state index contributed by atoms with van der Waals surface area (Å²) in [6.07, 6.45) is 1.41. The first kappa shape index (κ1) is 16.7. The zero-order chi connectivity index (χ0) is 17.8. The number of ketones is 1. The van der Waals surface area contributed by atoms with E-state index < -0.39 is 0 Å². The van der Waals surface area contributed by atoms with E-state index in [9.17, 15) is 14.4 Å². The van der Waals surface area contributed by atoms with Crippen LogP contribution in [0.4, 0.5) is 10.7 Å². The minimum Gasteiger partial charge on any atom is -0.459 e. The first-order valence-corrected chi connectivity index (χ1v) is 8.22. The van der Waals surface area contributed by atoms with Crippen LogP contribution in [0.5, 0.6) is 0 Å². The fourth-order valence-electron chi connectivity index (χ4n) is 2.19. The van der Waals surface area contributed by atoms with E-state index in [1.807, 2.05) is 0 Å². The van der Waals surface area contributed by atoms with Gasteiger partial charge in [-0.1, -0.05) is 12.1 Å². The molecule has 0 aliphatic heterocycles. The molecular weight excluding hydrogens is 340 g/mol. The van der Waals surface area contributed by atoms with Crippen LogP contribution in [0.15, 0.2) is 59.2 Å². The molecular formula is C18H14N2O4S. The van der Waals surface area contributed by atoms with E-state index in [-0.39, 0.29) is 23.4 Å². The Morgan fingerprint density at radius 3 is 2.44 bits per heavy atom. The van der Waals surface area contributed by atoms with Gasteiger partial charge < -0.3 is 15.1 Å². The maximum atomic E-state index is 12.4. The maximum absolute atomic E-state index is 12.4. The van der Waals surface area contributed by atoms with Crippen molar-refractivity contribution in [1.82, 2.24) is 0 Å². The predicted molar refractivity (Wildman–Crippen MR) is 95.4 cm³/mol. The molecule has 3 rings (SSSR count). The molecule has 0 radical (unpaired) electrons. The van der Waals surface area contributed by atoms with Gasteiger partial charge in [-0.15, -0.1) is 11.3 Å². The van der Waals surface area contributed by atoms with E-state index in [2.05, 4.69) is 10.6 Å². The SMILES string of the molecule is CC(=O)c1ccccc1NC(=O)c1ccc(NC(=O)c2ccco2)s1. The number of hydrogen-bond donors (Lipinski definition) is 2. The van der Waals surface area contributed by atoms with Crippen molar-refractivity contribution in [3.8, 4) is 0 Å². The molecule has 0 bridgehead atoms. The summed E-state index contributed by atoms with van der Waals surface area (Å²) in [6, 6.07) is 13.2. The first-order chi connectivity index (χ1) is 12.0. The van der Waals surface area contributed by atoms with E-state index in [0.717, 1.165) is 11.3 Å². The third-order valence-corrected chi connectivity index (χ3v) is 4.37. The number of nitrogens with one attached hydrogen (secondary N) is 2. The quantitative estimate of drug-likeness (QED) is 0.677. The zero-order valence-electron chi connectivity index (χ0n) is 13.2. The molecule has 0 unspecified atom stereocenters. The number of hydrogen-bond acceptors (Lipinski definition) is 5. The van der Waals surface area contributed by atoms with Crippen LogP contribution in [-0.2, 0) is 0 Å². The van der Waals surface area contributed by atoms with Crippen LogP contribution in [0, 0.1) is 0 Å². The van der Waals surface area contributed by atoms with Crippen molar-refractivity contribution >= 4 is 39.6 Å². The monoisotopic (exact) mass is 354 g/mol. The Morgan fingerprint density at radius 2 is 1.72 bits per heavy atom. The fraction of sp³-hybridized carbons (Fsp3) is 0.0556. The second kappa shape index (κ2) is 7.14. The lowest BCUT2D eigenvalue weighted by atomic mass is 10.1. The molecule has 2 N–H and O–H groups in total. The second-order valence-corrected chi connectivity index (χ2v) is 6.23. The highest BCUT2D eigenvalue weighted by Gasteiger charge is 2.15. The first-order valence-electron chi connectivity index (χ1n) is 7.40. The standard InChI is InChI=1S/C18H14N2O4S/c1-11(21)12-5-2-3-6-13(12)19-18(23)15-8-9-16(25-15)20-17(22)14-7-4-10-24-14/h2-10H,1H3,(H,19,23)(H,20,22). The Labute approximate surface area is 147 Å². The number of benzene rings is 1. The molecule has 0 spiro atoms. The summed E-state index contributed by atoms with van der Waals surface area (Å²) in [4.78, 5) is 36.3. The van der Waals surface area contributed by atoms with Gasteiger partial charge in [0.2, 0.25) is 0 Å². The van der Waals surface area contributed by atoms with Crippen molar-refractivity contribution in [3.05, 3.63) is 71.0 Å². The van der Waals surface area contributed by atoms with Gasteiger partial charge in [0.1, 0.15) is 0 Å². The average Bonchev–Trinajstić information content (AvgIpc) is 3.27. The van der Waals surface area contributed by atoms with Crippen molar-refractivity contribution in [1.29, 1.82) is 0 Å². The number of rotatable bonds is 5. The second-order valence-electron chi connectivity index (χ2n) is 5.15. The van der Waals surface area contributed by atoms with Crippen molar-refractivity contribution < 1.29 is 18.8 Å². The minimum absolute atomic E-state index is 0.131. The van der Waals surface area contributed by atoms with Gasteiger partial charge in [0.05, 0.1) is 21.8 Å². The van der Waals surface area contributed by atoms with Crippen molar-refractivity contribution in [2.45, 2.75) is 6.92 Å². The summed E-state index contributed by atoms with van der Waals surface area (Å²) in [7, 11) is 0. The Balaban J connectivity index is 1.71. The average molecular weight is 354 g/mol. The van der Waals surface area contributed by atoms with Gasteiger partial charge in [0.15, 0.2) is 11.5 Å². The lowest BCUT2D eigenvalue weighted by Crippen LogP contribution is -2.13. The molecule has 0 atom stereocenters. The van der Waals surface area contributed by atoms with Crippen molar-refractivity contribution in [3.63, 3.8) is 0 Å². The highest BCUT2D eigenvalue weighted by Crippen LogP contribution is 2.24. The van der Waals surface area contributed by atoms with Crippen LogP contribution >= 0.6 is 11.3 Å². The van der Waals surface area contributed by atoms with Gasteiger partial charge in [-0.25, -0.2) is 0 Å². The molecule has 3 aromatic rings. The van der Waals surface area contributed by atoms with Gasteiger partial charge in [0, 0.05) is 5.56 Å². The lowest BCUT2D eigenvalue weighted by molar-refractivity contribution is 0.0992. The zero-order valence-corrected chi connectivity index (χ0v) is 14.1. The van der Waals surface area contributed by atoms with E-state index in [1.165, 1.54) is 13.2 Å². The molecule has 126 valence electrons. The summed E-state index contributed by atoms with van der Waals surface area (Å²) >= 11 is 1.13. The fourth-order valence-corrected chi connectivity index (χ4v) is 2.99. The summed E-state index contributed by atoms with van der Waals surface area (Å²) in [5.41, 5.74) is 0.897. The van der Waals surface area contributed by atoms with E-state index >= 15 is 0 Å². The van der Waals surface area contributed by atoms with Crippen molar-refractivity contribution in [2.75, 3.05) is 10.6 Å². The number of para-hydroxylation sites is 1. The van der Waals surface area contributed by atoms with Crippen LogP contribution in [0.25, 0.3) is 0 Å². The molecule has 0 saturated carbocycles. The lowest BCUT2D eigenvalue weighted by Gasteiger charge is -2.07. The summed E-state index contributed by atoms with van der Waals surface area (Å²) < 4.78 is 5.02. The van der Waals surface area contributed by atoms with Gasteiger partial charge in [0.25, 0.3) is 11.8 Å². The Hall–Kier alpha value is -3.19. The number of carbonyl (C=O) groups is 3. The minimum atomic E-state index is -0.388. The normalized spacial score (nSPS) is 10.3. The van der Waals surface area contributed by atoms with Gasteiger partial charge in [-0.2, -0.15) is 0 Å². The van der Waals surface area contributed by atoms with Gasteiger partial charge in [-0.05, 0) is 43.3 Å². The van der Waals surface area contributed by atoms with Crippen LogP contribution < -0.4 is 10.6 Å². The third kappa shape index (κ3) is 3.84. The largest absolute Gasteiger partial charge is 0.459 e. The third-order valence-electron chi connectivity index (χ3n) is 3.37. The molecule has 0 fully saturated rings. The molecule has 2 amide bonds. The Bertz CT molecular complexity index is 928. The van der Waals surface area contributed by atoms with Crippen LogP contribution in [-0.4, -0.2) is 17.6 Å². The smallest absolute Gasteiger partial charge is 0.291 e. The number of thiophene rings is 1. The van der Waals surface area contributed by atoms with Crippen LogP contribution in [0.3, 0.4) is 0 Å².